The monoisotopic (exact) mass is 527 g/mol. The molecule has 1 aliphatic heterocycles. The van der Waals surface area contributed by atoms with Gasteiger partial charge in [0.05, 0.1) is 12.3 Å². The molecule has 1 heterocycles. The highest BCUT2D eigenvalue weighted by Gasteiger charge is 2.51. The highest BCUT2D eigenvalue weighted by atomic mass is 32.2. The molecule has 1 aromatic rings. The number of sulfonamides is 1. The number of nitrogens with zero attached hydrogens (tertiary/aromatic N) is 3. The van der Waals surface area contributed by atoms with Crippen molar-refractivity contribution < 1.29 is 23.2 Å². The summed E-state index contributed by atoms with van der Waals surface area (Å²) in [5, 5.41) is 19.3. The number of carbonyl (C=O) groups is 2. The zero-order valence-corrected chi connectivity index (χ0v) is 23.1. The number of amidine groups is 1. The quantitative estimate of drug-likeness (QED) is 0.443. The average Bonchev–Trinajstić information content (AvgIpc) is 3.14. The van der Waals surface area contributed by atoms with Gasteiger partial charge < -0.3 is 10.5 Å². The van der Waals surface area contributed by atoms with Crippen LogP contribution in [-0.4, -0.2) is 66.1 Å². The lowest BCUT2D eigenvalue weighted by Crippen LogP contribution is -2.52. The van der Waals surface area contributed by atoms with Crippen LogP contribution in [0.1, 0.15) is 54.0 Å². The maximum atomic E-state index is 13.5. The lowest BCUT2D eigenvalue weighted by atomic mass is 9.93. The van der Waals surface area contributed by atoms with Crippen LogP contribution in [0.2, 0.25) is 0 Å². The molecule has 0 radical (unpaired) electrons. The highest BCUT2D eigenvalue weighted by Crippen LogP contribution is 2.46. The van der Waals surface area contributed by atoms with Gasteiger partial charge in [-0.25, -0.2) is 18.1 Å². The standard InChI is InChI=1S/C23H37N5O5S2/c1-8-27(31)14-15-35(32,33)24-16-23(17-12-10-9-11-13-17)28(19(30)22(5,6)7)26-20(34-23)25-18(29)21(2,3)4/h9-13,24,31H,8,14-16H2,1-7H3,(H,25,26,29). The zero-order valence-electron chi connectivity index (χ0n) is 21.5. The fourth-order valence-corrected chi connectivity index (χ4v) is 5.32. The molecule has 1 aromatic carbocycles. The minimum absolute atomic E-state index is 0.0641. The van der Waals surface area contributed by atoms with Crippen molar-refractivity contribution >= 4 is 38.8 Å². The molecular weight excluding hydrogens is 490 g/mol. The van der Waals surface area contributed by atoms with Gasteiger partial charge in [-0.2, -0.15) is 5.06 Å². The van der Waals surface area contributed by atoms with E-state index < -0.39 is 25.7 Å². The minimum Gasteiger partial charge on any atom is -0.314 e. The Balaban J connectivity index is 2.50. The van der Waals surface area contributed by atoms with E-state index in [0.717, 1.165) is 16.8 Å². The molecule has 3 N–H and O–H groups in total. The second kappa shape index (κ2) is 11.0. The molecule has 12 heteroatoms. The van der Waals surface area contributed by atoms with Gasteiger partial charge in [0.25, 0.3) is 0 Å². The molecule has 1 unspecified atom stereocenters. The molecule has 196 valence electrons. The summed E-state index contributed by atoms with van der Waals surface area (Å²) in [6.45, 7) is 12.3. The number of hydrazone groups is 1. The highest BCUT2D eigenvalue weighted by molar-refractivity contribution is 8.14. The lowest BCUT2D eigenvalue weighted by molar-refractivity contribution is -0.143. The Morgan fingerprint density at radius 2 is 1.71 bits per heavy atom. The molecule has 35 heavy (non-hydrogen) atoms. The predicted octanol–water partition coefficient (Wildman–Crippen LogP) is 2.52. The van der Waals surface area contributed by atoms with Crippen molar-refractivity contribution in [2.75, 3.05) is 25.4 Å². The normalized spacial score (nSPS) is 19.1. The van der Waals surface area contributed by atoms with Crippen LogP contribution in [0.25, 0.3) is 0 Å². The Bertz CT molecular complexity index is 1050. The van der Waals surface area contributed by atoms with E-state index in [-0.39, 0.29) is 42.4 Å². The number of carbonyl (C=O) groups excluding carboxylic acids is 2. The number of rotatable bonds is 8. The second-order valence-electron chi connectivity index (χ2n) is 10.4. The van der Waals surface area contributed by atoms with Gasteiger partial charge in [-0.3, -0.25) is 9.59 Å². The van der Waals surface area contributed by atoms with Crippen molar-refractivity contribution in [3.8, 4) is 0 Å². The average molecular weight is 528 g/mol. The molecule has 1 atom stereocenters. The van der Waals surface area contributed by atoms with Crippen LogP contribution in [0.4, 0.5) is 0 Å². The van der Waals surface area contributed by atoms with Gasteiger partial charge in [-0.1, -0.05) is 78.8 Å². The van der Waals surface area contributed by atoms with Gasteiger partial charge in [0.2, 0.25) is 21.8 Å². The Morgan fingerprint density at radius 3 is 2.23 bits per heavy atom. The first kappa shape index (κ1) is 29.2. The number of hydrogen-bond acceptors (Lipinski definition) is 8. The van der Waals surface area contributed by atoms with Crippen molar-refractivity contribution in [1.29, 1.82) is 0 Å². The molecular formula is C23H37N5O5S2. The van der Waals surface area contributed by atoms with E-state index in [1.165, 1.54) is 5.01 Å². The fraction of sp³-hybridized carbons (Fsp3) is 0.609. The predicted molar refractivity (Wildman–Crippen MR) is 138 cm³/mol. The molecule has 0 aliphatic carbocycles. The van der Waals surface area contributed by atoms with Crippen molar-refractivity contribution in [1.82, 2.24) is 20.1 Å². The van der Waals surface area contributed by atoms with Crippen LogP contribution >= 0.6 is 11.8 Å². The number of hydrogen-bond donors (Lipinski definition) is 3. The number of amides is 2. The summed E-state index contributed by atoms with van der Waals surface area (Å²) in [6.07, 6.45) is 0. The van der Waals surface area contributed by atoms with Gasteiger partial charge in [-0.15, -0.1) is 5.10 Å². The second-order valence-corrected chi connectivity index (χ2v) is 13.6. The van der Waals surface area contributed by atoms with Gasteiger partial charge >= 0.3 is 0 Å². The molecule has 2 amide bonds. The maximum Gasteiger partial charge on any atom is 0.249 e. The number of benzene rings is 1. The van der Waals surface area contributed by atoms with Crippen LogP contribution in [0.15, 0.2) is 35.4 Å². The van der Waals surface area contributed by atoms with Gasteiger partial charge in [0.1, 0.15) is 0 Å². The van der Waals surface area contributed by atoms with Gasteiger partial charge in [0, 0.05) is 23.9 Å². The van der Waals surface area contributed by atoms with E-state index >= 15 is 0 Å². The summed E-state index contributed by atoms with van der Waals surface area (Å²) in [5.74, 6) is -0.936. The summed E-state index contributed by atoms with van der Waals surface area (Å²) in [7, 11) is -3.81. The summed E-state index contributed by atoms with van der Waals surface area (Å²) in [4.78, 5) is 25.0. The van der Waals surface area contributed by atoms with Crippen LogP contribution in [-0.2, 0) is 24.5 Å². The number of hydroxylamine groups is 2. The smallest absolute Gasteiger partial charge is 0.249 e. The van der Waals surface area contributed by atoms with E-state index in [0.29, 0.717) is 5.56 Å². The molecule has 0 bridgehead atoms. The summed E-state index contributed by atoms with van der Waals surface area (Å²) in [6, 6.07) is 8.99. The zero-order chi connectivity index (χ0) is 26.7. The maximum absolute atomic E-state index is 13.5. The summed E-state index contributed by atoms with van der Waals surface area (Å²) in [5.41, 5.74) is -0.881. The molecule has 0 saturated heterocycles. The Labute approximate surface area is 212 Å². The van der Waals surface area contributed by atoms with Crippen molar-refractivity contribution in [3.63, 3.8) is 0 Å². The van der Waals surface area contributed by atoms with Gasteiger partial charge in [-0.05, 0) is 17.3 Å². The van der Waals surface area contributed by atoms with Crippen LogP contribution in [0, 0.1) is 10.8 Å². The molecule has 10 nitrogen and oxygen atoms in total. The van der Waals surface area contributed by atoms with Crippen LogP contribution in [0.3, 0.4) is 0 Å². The van der Waals surface area contributed by atoms with Crippen LogP contribution < -0.4 is 10.0 Å². The topological polar surface area (TPSA) is 131 Å². The van der Waals surface area contributed by atoms with E-state index in [4.69, 9.17) is 0 Å². The molecule has 0 spiro atoms. The summed E-state index contributed by atoms with van der Waals surface area (Å²) < 4.78 is 28.1. The fourth-order valence-electron chi connectivity index (χ4n) is 3.01. The first-order valence-corrected chi connectivity index (χ1v) is 13.9. The van der Waals surface area contributed by atoms with E-state index in [1.807, 2.05) is 6.07 Å². The first-order valence-electron chi connectivity index (χ1n) is 11.4. The SMILES string of the molecule is CCN(O)CCS(=O)(=O)NCC1(c2ccccc2)SC(NC(=O)C(C)(C)C)=NN1C(=O)C(C)(C)C. The van der Waals surface area contributed by atoms with Crippen molar-refractivity contribution in [3.05, 3.63) is 35.9 Å². The third-order valence-corrected chi connectivity index (χ3v) is 7.85. The van der Waals surface area contributed by atoms with Crippen molar-refractivity contribution in [2.24, 2.45) is 15.9 Å². The largest absolute Gasteiger partial charge is 0.314 e. The molecule has 1 aliphatic rings. The van der Waals surface area contributed by atoms with Crippen LogP contribution in [0.5, 0.6) is 0 Å². The third-order valence-electron chi connectivity index (χ3n) is 5.27. The Hall–Kier alpha value is -1.99. The molecule has 2 rings (SSSR count). The lowest BCUT2D eigenvalue weighted by Gasteiger charge is -2.38. The number of nitrogens with one attached hydrogen (secondary N) is 2. The molecule has 0 saturated carbocycles. The third kappa shape index (κ3) is 7.50. The van der Waals surface area contributed by atoms with E-state index in [9.17, 15) is 23.2 Å². The minimum atomic E-state index is -3.81. The van der Waals surface area contributed by atoms with E-state index in [1.54, 1.807) is 72.7 Å². The van der Waals surface area contributed by atoms with Gasteiger partial charge in [0.15, 0.2) is 10.0 Å². The van der Waals surface area contributed by atoms with E-state index in [2.05, 4.69) is 15.1 Å². The molecule has 0 fully saturated rings. The Kier molecular flexibility index (Phi) is 9.15. The Morgan fingerprint density at radius 1 is 1.11 bits per heavy atom. The first-order chi connectivity index (χ1) is 16.0. The van der Waals surface area contributed by atoms with Crippen molar-refractivity contribution in [2.45, 2.75) is 53.3 Å². The number of thioether (sulfide) groups is 1. The summed E-state index contributed by atoms with van der Waals surface area (Å²) >= 11 is 1.11. The molecule has 0 aromatic heterocycles.